The summed E-state index contributed by atoms with van der Waals surface area (Å²) in [5.74, 6) is -0.107. The maximum absolute atomic E-state index is 12.4. The molecule has 0 saturated carbocycles. The molecule has 2 aromatic carbocycles. The van der Waals surface area contributed by atoms with Crippen LogP contribution in [0.1, 0.15) is 27.2 Å². The van der Waals surface area contributed by atoms with E-state index in [0.29, 0.717) is 22.8 Å². The molecular weight excluding hydrogens is 392 g/mol. The van der Waals surface area contributed by atoms with Crippen LogP contribution in [-0.2, 0) is 17.9 Å². The average molecular weight is 413 g/mol. The lowest BCUT2D eigenvalue weighted by atomic mass is 10.1. The fourth-order valence-electron chi connectivity index (χ4n) is 2.69. The second-order valence-electron chi connectivity index (χ2n) is 6.59. The molecule has 0 saturated heterocycles. The molecule has 8 heteroatoms. The van der Waals surface area contributed by atoms with Crippen molar-refractivity contribution in [2.75, 3.05) is 12.4 Å². The number of H-pyrrole nitrogens is 1. The quantitative estimate of drug-likeness (QED) is 0.628. The van der Waals surface area contributed by atoms with Crippen LogP contribution in [0.2, 0.25) is 5.02 Å². The van der Waals surface area contributed by atoms with Crippen molar-refractivity contribution in [2.45, 2.75) is 20.1 Å². The second-order valence-corrected chi connectivity index (χ2v) is 7.03. The van der Waals surface area contributed by atoms with Gasteiger partial charge in [-0.3, -0.25) is 15.2 Å². The fraction of sp³-hybridized carbons (Fsp3) is 0.190. The van der Waals surface area contributed by atoms with Crippen LogP contribution in [-0.4, -0.2) is 34.1 Å². The molecule has 7 nitrogen and oxygen atoms in total. The Bertz CT molecular complexity index is 984. The first-order chi connectivity index (χ1) is 13.9. The van der Waals surface area contributed by atoms with Gasteiger partial charge in [0.05, 0.1) is 11.8 Å². The molecule has 0 bridgehead atoms. The van der Waals surface area contributed by atoms with Gasteiger partial charge in [-0.15, -0.1) is 0 Å². The van der Waals surface area contributed by atoms with Gasteiger partial charge in [0.1, 0.15) is 6.61 Å². The molecule has 0 atom stereocenters. The molecule has 2 amide bonds. The Morgan fingerprint density at radius 1 is 1.10 bits per heavy atom. The standard InChI is InChI=1S/C21H21ClN4O3/c1-14-19(11-23-25-14)20(27)26(2)12-15-5-9-18(10-6-15)24-21(28)29-13-16-3-7-17(22)8-4-16/h3-11H,12-13H2,1-2H3,(H,23,25)(H,24,28). The van der Waals surface area contributed by atoms with Crippen LogP contribution >= 0.6 is 11.6 Å². The summed E-state index contributed by atoms with van der Waals surface area (Å²) in [5, 5.41) is 9.95. The van der Waals surface area contributed by atoms with Crippen molar-refractivity contribution in [3.8, 4) is 0 Å². The first-order valence-electron chi connectivity index (χ1n) is 8.95. The number of carbonyl (C=O) groups is 2. The summed E-state index contributed by atoms with van der Waals surface area (Å²) in [6, 6.07) is 14.3. The van der Waals surface area contributed by atoms with Crippen molar-refractivity contribution in [3.63, 3.8) is 0 Å². The molecule has 1 aromatic heterocycles. The number of rotatable bonds is 6. The summed E-state index contributed by atoms with van der Waals surface area (Å²) >= 11 is 5.83. The Kier molecular flexibility index (Phi) is 6.51. The molecule has 3 aromatic rings. The van der Waals surface area contributed by atoms with Gasteiger partial charge in [0.25, 0.3) is 5.91 Å². The van der Waals surface area contributed by atoms with Gasteiger partial charge in [-0.05, 0) is 42.3 Å². The van der Waals surface area contributed by atoms with Gasteiger partial charge in [-0.2, -0.15) is 5.10 Å². The predicted octanol–water partition coefficient (Wildman–Crippen LogP) is 4.39. The third kappa shape index (κ3) is 5.58. The molecule has 0 spiro atoms. The molecule has 0 unspecified atom stereocenters. The lowest BCUT2D eigenvalue weighted by molar-refractivity contribution is 0.0784. The first-order valence-corrected chi connectivity index (χ1v) is 9.33. The highest BCUT2D eigenvalue weighted by molar-refractivity contribution is 6.30. The summed E-state index contributed by atoms with van der Waals surface area (Å²) < 4.78 is 5.20. The van der Waals surface area contributed by atoms with E-state index in [1.165, 1.54) is 6.20 Å². The van der Waals surface area contributed by atoms with Gasteiger partial charge in [0, 0.05) is 30.0 Å². The van der Waals surface area contributed by atoms with Crippen LogP contribution in [0.25, 0.3) is 0 Å². The lowest BCUT2D eigenvalue weighted by Gasteiger charge is -2.17. The van der Waals surface area contributed by atoms with E-state index in [1.54, 1.807) is 55.3 Å². The van der Waals surface area contributed by atoms with E-state index in [0.717, 1.165) is 16.8 Å². The zero-order valence-electron chi connectivity index (χ0n) is 16.1. The first kappa shape index (κ1) is 20.4. The van der Waals surface area contributed by atoms with Gasteiger partial charge in [-0.25, -0.2) is 4.79 Å². The van der Waals surface area contributed by atoms with Gasteiger partial charge in [0.15, 0.2) is 0 Å². The summed E-state index contributed by atoms with van der Waals surface area (Å²) in [5.41, 5.74) is 3.67. The third-order valence-corrected chi connectivity index (χ3v) is 4.56. The number of aromatic nitrogens is 2. The van der Waals surface area contributed by atoms with Crippen LogP contribution in [0.3, 0.4) is 0 Å². The number of anilines is 1. The van der Waals surface area contributed by atoms with Gasteiger partial charge in [0.2, 0.25) is 0 Å². The molecule has 0 aliphatic heterocycles. The minimum Gasteiger partial charge on any atom is -0.444 e. The smallest absolute Gasteiger partial charge is 0.411 e. The van der Waals surface area contributed by atoms with Gasteiger partial charge in [-0.1, -0.05) is 35.9 Å². The van der Waals surface area contributed by atoms with Gasteiger partial charge < -0.3 is 9.64 Å². The second kappa shape index (κ2) is 9.25. The molecular formula is C21H21ClN4O3. The van der Waals surface area contributed by atoms with E-state index in [1.807, 2.05) is 12.1 Å². The Morgan fingerprint density at radius 2 is 1.76 bits per heavy atom. The van der Waals surface area contributed by atoms with E-state index >= 15 is 0 Å². The van der Waals surface area contributed by atoms with Crippen molar-refractivity contribution < 1.29 is 14.3 Å². The number of aryl methyl sites for hydroxylation is 1. The molecule has 0 radical (unpaired) electrons. The summed E-state index contributed by atoms with van der Waals surface area (Å²) in [4.78, 5) is 26.0. The number of carbonyl (C=O) groups excluding carboxylic acids is 2. The highest BCUT2D eigenvalue weighted by Crippen LogP contribution is 2.15. The Balaban J connectivity index is 1.50. The van der Waals surface area contributed by atoms with Crippen molar-refractivity contribution >= 4 is 29.3 Å². The number of hydrogen-bond acceptors (Lipinski definition) is 4. The maximum Gasteiger partial charge on any atom is 0.411 e. The average Bonchev–Trinajstić information content (AvgIpc) is 3.14. The molecule has 3 rings (SSSR count). The van der Waals surface area contributed by atoms with Crippen LogP contribution in [0.5, 0.6) is 0 Å². The Hall–Kier alpha value is -3.32. The van der Waals surface area contributed by atoms with Crippen molar-refractivity contribution in [3.05, 3.63) is 82.1 Å². The molecule has 0 aliphatic carbocycles. The fourth-order valence-corrected chi connectivity index (χ4v) is 2.82. The molecule has 0 aliphatic rings. The van der Waals surface area contributed by atoms with E-state index in [4.69, 9.17) is 16.3 Å². The Labute approximate surface area is 173 Å². The summed E-state index contributed by atoms with van der Waals surface area (Å²) in [6.45, 7) is 2.40. The summed E-state index contributed by atoms with van der Waals surface area (Å²) in [7, 11) is 1.73. The third-order valence-electron chi connectivity index (χ3n) is 4.31. The lowest BCUT2D eigenvalue weighted by Crippen LogP contribution is -2.26. The number of benzene rings is 2. The van der Waals surface area contributed by atoms with E-state index in [9.17, 15) is 9.59 Å². The molecule has 2 N–H and O–H groups in total. The van der Waals surface area contributed by atoms with Crippen molar-refractivity contribution in [1.82, 2.24) is 15.1 Å². The van der Waals surface area contributed by atoms with Crippen LogP contribution < -0.4 is 5.32 Å². The maximum atomic E-state index is 12.4. The van der Waals surface area contributed by atoms with E-state index in [2.05, 4.69) is 15.5 Å². The number of nitrogens with zero attached hydrogens (tertiary/aromatic N) is 2. The minimum absolute atomic E-state index is 0.107. The number of ether oxygens (including phenoxy) is 1. The Morgan fingerprint density at radius 3 is 2.38 bits per heavy atom. The SMILES string of the molecule is Cc1[nH]ncc1C(=O)N(C)Cc1ccc(NC(=O)OCc2ccc(Cl)cc2)cc1. The molecule has 150 valence electrons. The topological polar surface area (TPSA) is 87.3 Å². The van der Waals surface area contributed by atoms with Crippen LogP contribution in [0.4, 0.5) is 10.5 Å². The normalized spacial score (nSPS) is 10.4. The largest absolute Gasteiger partial charge is 0.444 e. The number of amides is 2. The van der Waals surface area contributed by atoms with E-state index in [-0.39, 0.29) is 12.5 Å². The number of halogens is 1. The van der Waals surface area contributed by atoms with Crippen molar-refractivity contribution in [1.29, 1.82) is 0 Å². The predicted molar refractivity (Wildman–Crippen MR) is 111 cm³/mol. The highest BCUT2D eigenvalue weighted by Gasteiger charge is 2.16. The minimum atomic E-state index is -0.546. The number of nitrogens with one attached hydrogen (secondary N) is 2. The zero-order valence-corrected chi connectivity index (χ0v) is 16.9. The highest BCUT2D eigenvalue weighted by atomic mass is 35.5. The van der Waals surface area contributed by atoms with E-state index < -0.39 is 6.09 Å². The molecule has 0 fully saturated rings. The monoisotopic (exact) mass is 412 g/mol. The molecule has 29 heavy (non-hydrogen) atoms. The van der Waals surface area contributed by atoms with Gasteiger partial charge >= 0.3 is 6.09 Å². The van der Waals surface area contributed by atoms with Crippen LogP contribution in [0, 0.1) is 6.92 Å². The number of aromatic amines is 1. The van der Waals surface area contributed by atoms with Crippen LogP contribution in [0.15, 0.2) is 54.7 Å². The summed E-state index contributed by atoms with van der Waals surface area (Å²) in [6.07, 6.45) is 0.979. The zero-order chi connectivity index (χ0) is 20.8. The molecule has 1 heterocycles. The van der Waals surface area contributed by atoms with Crippen molar-refractivity contribution in [2.24, 2.45) is 0 Å². The number of hydrogen-bond donors (Lipinski definition) is 2.